The smallest absolute Gasteiger partial charge is 0.0434 e. The monoisotopic (exact) mass is 274 g/mol. The first-order chi connectivity index (χ1) is 9.83. The van der Waals surface area contributed by atoms with E-state index >= 15 is 0 Å². The number of nitrogens with zero attached hydrogens (tertiary/aromatic N) is 2. The number of likely N-dealkylation sites (tertiary alicyclic amines) is 1. The van der Waals surface area contributed by atoms with Gasteiger partial charge >= 0.3 is 0 Å². The highest BCUT2D eigenvalue weighted by atomic mass is 15.2. The maximum absolute atomic E-state index is 4.52. The minimum absolute atomic E-state index is 0.711. The van der Waals surface area contributed by atoms with Gasteiger partial charge in [0, 0.05) is 30.4 Å². The number of pyridine rings is 1. The van der Waals surface area contributed by atoms with Gasteiger partial charge in [-0.25, -0.2) is 0 Å². The van der Waals surface area contributed by atoms with Gasteiger partial charge in [-0.2, -0.15) is 0 Å². The molecule has 1 saturated heterocycles. The summed E-state index contributed by atoms with van der Waals surface area (Å²) >= 11 is 0. The van der Waals surface area contributed by atoms with E-state index in [9.17, 15) is 0 Å². The molecule has 2 fully saturated rings. The van der Waals surface area contributed by atoms with Crippen LogP contribution in [-0.4, -0.2) is 29.0 Å². The zero-order chi connectivity index (χ0) is 14.4. The maximum atomic E-state index is 4.52. The minimum atomic E-state index is 0.711. The van der Waals surface area contributed by atoms with Gasteiger partial charge in [0.1, 0.15) is 0 Å². The van der Waals surface area contributed by atoms with Gasteiger partial charge in [0.25, 0.3) is 0 Å². The second kappa shape index (κ2) is 7.78. The standard InChI is InChI=1S/C16H24N2.C2H6/c1-13-9-11-18(12-13)15-7-5-14(6-8-15)16-4-2-3-10-17-16;1-2/h2-4,10,13-15H,5-9,11-12H2,1H3;1-2H3/t13-,14?,15?;/m1./s1. The van der Waals surface area contributed by atoms with Gasteiger partial charge in [-0.3, -0.25) is 4.98 Å². The first kappa shape index (κ1) is 15.5. The highest BCUT2D eigenvalue weighted by molar-refractivity contribution is 5.10. The summed E-state index contributed by atoms with van der Waals surface area (Å²) in [4.78, 5) is 7.26. The third kappa shape index (κ3) is 3.82. The van der Waals surface area contributed by atoms with Crippen LogP contribution in [0.2, 0.25) is 0 Å². The molecule has 2 nitrogen and oxygen atoms in total. The molecule has 1 atom stereocenters. The van der Waals surface area contributed by atoms with Crippen molar-refractivity contribution in [3.63, 3.8) is 0 Å². The van der Waals surface area contributed by atoms with Crippen LogP contribution in [0.3, 0.4) is 0 Å². The average Bonchev–Trinajstić information content (AvgIpc) is 2.97. The normalized spacial score (nSPS) is 30.6. The lowest BCUT2D eigenvalue weighted by atomic mass is 9.83. The summed E-state index contributed by atoms with van der Waals surface area (Å²) < 4.78 is 0. The summed E-state index contributed by atoms with van der Waals surface area (Å²) in [7, 11) is 0. The summed E-state index contributed by atoms with van der Waals surface area (Å²) in [6.45, 7) is 9.05. The van der Waals surface area contributed by atoms with Crippen molar-refractivity contribution in [1.82, 2.24) is 9.88 Å². The van der Waals surface area contributed by atoms with Crippen molar-refractivity contribution in [2.75, 3.05) is 13.1 Å². The van der Waals surface area contributed by atoms with Gasteiger partial charge in [0.05, 0.1) is 0 Å². The van der Waals surface area contributed by atoms with Crippen LogP contribution in [0.15, 0.2) is 24.4 Å². The molecule has 0 N–H and O–H groups in total. The molecule has 1 aromatic heterocycles. The lowest BCUT2D eigenvalue weighted by Crippen LogP contribution is -2.36. The Morgan fingerprint density at radius 2 is 1.80 bits per heavy atom. The molecule has 0 radical (unpaired) electrons. The highest BCUT2D eigenvalue weighted by Gasteiger charge is 2.30. The number of hydrogen-bond donors (Lipinski definition) is 0. The molecule has 0 aromatic carbocycles. The summed E-state index contributed by atoms with van der Waals surface area (Å²) in [5.74, 6) is 1.63. The van der Waals surface area contributed by atoms with Crippen molar-refractivity contribution in [2.45, 2.75) is 64.8 Å². The molecule has 2 heterocycles. The van der Waals surface area contributed by atoms with Crippen molar-refractivity contribution >= 4 is 0 Å². The lowest BCUT2D eigenvalue weighted by Gasteiger charge is -2.34. The van der Waals surface area contributed by atoms with E-state index in [4.69, 9.17) is 0 Å². The van der Waals surface area contributed by atoms with E-state index < -0.39 is 0 Å². The Bertz CT molecular complexity index is 368. The van der Waals surface area contributed by atoms with Crippen LogP contribution in [0.1, 0.15) is 64.5 Å². The van der Waals surface area contributed by atoms with Crippen LogP contribution in [0, 0.1) is 5.92 Å². The van der Waals surface area contributed by atoms with Gasteiger partial charge in [0.15, 0.2) is 0 Å². The van der Waals surface area contributed by atoms with Crippen molar-refractivity contribution in [2.24, 2.45) is 5.92 Å². The molecule has 2 aliphatic rings. The Hall–Kier alpha value is -0.890. The summed E-state index contributed by atoms with van der Waals surface area (Å²) in [6, 6.07) is 7.19. The third-order valence-electron chi connectivity index (χ3n) is 4.77. The van der Waals surface area contributed by atoms with Crippen molar-refractivity contribution < 1.29 is 0 Å². The van der Waals surface area contributed by atoms with Crippen LogP contribution in [0.5, 0.6) is 0 Å². The van der Waals surface area contributed by atoms with Crippen LogP contribution in [-0.2, 0) is 0 Å². The Balaban J connectivity index is 0.000000704. The van der Waals surface area contributed by atoms with Gasteiger partial charge in [0.2, 0.25) is 0 Å². The zero-order valence-corrected chi connectivity index (χ0v) is 13.4. The van der Waals surface area contributed by atoms with Crippen LogP contribution in [0.25, 0.3) is 0 Å². The summed E-state index contributed by atoms with van der Waals surface area (Å²) in [5, 5.41) is 0. The first-order valence-electron chi connectivity index (χ1n) is 8.48. The molecular formula is C18H30N2. The van der Waals surface area contributed by atoms with E-state index in [0.717, 1.165) is 12.0 Å². The first-order valence-corrected chi connectivity index (χ1v) is 8.48. The second-order valence-corrected chi connectivity index (χ2v) is 6.15. The predicted molar refractivity (Wildman–Crippen MR) is 85.9 cm³/mol. The molecule has 0 spiro atoms. The van der Waals surface area contributed by atoms with Crippen LogP contribution in [0.4, 0.5) is 0 Å². The fourth-order valence-electron chi connectivity index (χ4n) is 3.65. The van der Waals surface area contributed by atoms with Crippen molar-refractivity contribution in [3.05, 3.63) is 30.1 Å². The SMILES string of the molecule is CC.C[C@@H]1CCN(C2CCC(c3ccccn3)CC2)C1. The van der Waals surface area contributed by atoms with Gasteiger partial charge in [-0.1, -0.05) is 26.8 Å². The number of aromatic nitrogens is 1. The topological polar surface area (TPSA) is 16.1 Å². The number of hydrogen-bond acceptors (Lipinski definition) is 2. The van der Waals surface area contributed by atoms with Gasteiger partial charge < -0.3 is 4.90 Å². The third-order valence-corrected chi connectivity index (χ3v) is 4.77. The number of rotatable bonds is 2. The average molecular weight is 274 g/mol. The highest BCUT2D eigenvalue weighted by Crippen LogP contribution is 2.35. The lowest BCUT2D eigenvalue weighted by molar-refractivity contribution is 0.176. The van der Waals surface area contributed by atoms with Crippen molar-refractivity contribution in [1.29, 1.82) is 0 Å². The van der Waals surface area contributed by atoms with Gasteiger partial charge in [-0.15, -0.1) is 0 Å². The Morgan fingerprint density at radius 1 is 1.05 bits per heavy atom. The molecule has 0 amide bonds. The quantitative estimate of drug-likeness (QED) is 0.790. The molecular weight excluding hydrogens is 244 g/mol. The molecule has 20 heavy (non-hydrogen) atoms. The molecule has 0 unspecified atom stereocenters. The van der Waals surface area contributed by atoms with E-state index in [1.165, 1.54) is 50.9 Å². The molecule has 1 aliphatic heterocycles. The Morgan fingerprint density at radius 3 is 2.35 bits per heavy atom. The molecule has 3 rings (SSSR count). The Kier molecular flexibility index (Phi) is 6.03. The molecule has 1 saturated carbocycles. The minimum Gasteiger partial charge on any atom is -0.300 e. The molecule has 1 aromatic rings. The largest absolute Gasteiger partial charge is 0.300 e. The van der Waals surface area contributed by atoms with Crippen LogP contribution >= 0.6 is 0 Å². The summed E-state index contributed by atoms with van der Waals surface area (Å²) in [6.07, 6.45) is 8.73. The summed E-state index contributed by atoms with van der Waals surface area (Å²) in [5.41, 5.74) is 1.31. The fraction of sp³-hybridized carbons (Fsp3) is 0.722. The van der Waals surface area contributed by atoms with E-state index in [0.29, 0.717) is 5.92 Å². The molecule has 112 valence electrons. The molecule has 0 bridgehead atoms. The van der Waals surface area contributed by atoms with E-state index in [2.05, 4.69) is 28.9 Å². The fourth-order valence-corrected chi connectivity index (χ4v) is 3.65. The molecule has 2 heteroatoms. The zero-order valence-electron chi connectivity index (χ0n) is 13.4. The predicted octanol–water partition coefficient (Wildman–Crippen LogP) is 4.48. The van der Waals surface area contributed by atoms with Gasteiger partial charge in [-0.05, 0) is 56.7 Å². The molecule has 1 aliphatic carbocycles. The Labute approximate surface area is 124 Å². The van der Waals surface area contributed by atoms with E-state index in [1.807, 2.05) is 26.1 Å². The second-order valence-electron chi connectivity index (χ2n) is 6.15. The van der Waals surface area contributed by atoms with Crippen molar-refractivity contribution in [3.8, 4) is 0 Å². The van der Waals surface area contributed by atoms with E-state index in [1.54, 1.807) is 0 Å². The van der Waals surface area contributed by atoms with Crippen LogP contribution < -0.4 is 0 Å². The maximum Gasteiger partial charge on any atom is 0.0434 e. The van der Waals surface area contributed by atoms with E-state index in [-0.39, 0.29) is 0 Å².